The van der Waals surface area contributed by atoms with Crippen molar-refractivity contribution in [3.05, 3.63) is 12.4 Å². The van der Waals surface area contributed by atoms with Crippen molar-refractivity contribution in [3.63, 3.8) is 0 Å². The van der Waals surface area contributed by atoms with Gasteiger partial charge in [0.15, 0.2) is 0 Å². The van der Waals surface area contributed by atoms with Gasteiger partial charge in [0.1, 0.15) is 0 Å². The highest BCUT2D eigenvalue weighted by Gasteiger charge is 2.31. The highest BCUT2D eigenvalue weighted by molar-refractivity contribution is 5.81. The summed E-state index contributed by atoms with van der Waals surface area (Å²) in [7, 11) is 3.63. The third-order valence-corrected chi connectivity index (χ3v) is 3.36. The Hall–Kier alpha value is -1.56. The average molecular weight is 251 g/mol. The second-order valence-electron chi connectivity index (χ2n) is 4.96. The van der Waals surface area contributed by atoms with Crippen molar-refractivity contribution >= 4 is 11.6 Å². The second-order valence-corrected chi connectivity index (χ2v) is 4.96. The fraction of sp³-hybridized carbons (Fsp3) is 0.667. The van der Waals surface area contributed by atoms with Crippen LogP contribution in [0.5, 0.6) is 0 Å². The van der Waals surface area contributed by atoms with Gasteiger partial charge in [-0.1, -0.05) is 0 Å². The van der Waals surface area contributed by atoms with E-state index < -0.39 is 0 Å². The summed E-state index contributed by atoms with van der Waals surface area (Å²) >= 11 is 0. The molecule has 0 saturated carbocycles. The Morgan fingerprint density at radius 2 is 2.33 bits per heavy atom. The number of amides is 1. The first-order chi connectivity index (χ1) is 8.58. The van der Waals surface area contributed by atoms with Crippen LogP contribution in [0, 0.1) is 0 Å². The quantitative estimate of drug-likeness (QED) is 0.819. The molecular weight excluding hydrogens is 230 g/mol. The van der Waals surface area contributed by atoms with Crippen LogP contribution in [-0.2, 0) is 11.3 Å². The van der Waals surface area contributed by atoms with Gasteiger partial charge in [-0.15, -0.1) is 0 Å². The van der Waals surface area contributed by atoms with Crippen LogP contribution in [0.1, 0.15) is 12.8 Å². The van der Waals surface area contributed by atoms with Crippen molar-refractivity contribution in [2.24, 2.45) is 0 Å². The highest BCUT2D eigenvalue weighted by Crippen LogP contribution is 2.18. The summed E-state index contributed by atoms with van der Waals surface area (Å²) in [6.07, 6.45) is 5.51. The minimum atomic E-state index is 0.0351. The van der Waals surface area contributed by atoms with Crippen molar-refractivity contribution < 1.29 is 4.79 Å². The molecule has 6 nitrogen and oxygen atoms in total. The summed E-state index contributed by atoms with van der Waals surface area (Å²) in [6, 6.07) is 0.0351. The first-order valence-electron chi connectivity index (χ1n) is 6.31. The van der Waals surface area contributed by atoms with Gasteiger partial charge in [0.05, 0.1) is 24.5 Å². The van der Waals surface area contributed by atoms with Crippen LogP contribution in [-0.4, -0.2) is 58.7 Å². The molecule has 0 aliphatic carbocycles. The van der Waals surface area contributed by atoms with E-state index in [1.165, 1.54) is 0 Å². The van der Waals surface area contributed by atoms with Crippen LogP contribution in [0.15, 0.2) is 12.4 Å². The van der Waals surface area contributed by atoms with E-state index in [9.17, 15) is 4.79 Å². The average Bonchev–Trinajstić information content (AvgIpc) is 2.93. The Labute approximate surface area is 107 Å². The molecule has 1 amide bonds. The number of carbonyl (C=O) groups excluding carboxylic acids is 1. The maximum absolute atomic E-state index is 12.0. The number of likely N-dealkylation sites (N-methyl/N-ethyl adjacent to an activating group) is 1. The minimum absolute atomic E-state index is 0.0351. The molecule has 1 aromatic rings. The Balaban J connectivity index is 1.90. The maximum atomic E-state index is 12.0. The van der Waals surface area contributed by atoms with Crippen LogP contribution >= 0.6 is 0 Å². The molecule has 1 aliphatic rings. The minimum Gasteiger partial charge on any atom is -0.396 e. The number of hydrogen-bond acceptors (Lipinski definition) is 4. The molecular formula is C12H21N5O. The van der Waals surface area contributed by atoms with Gasteiger partial charge in [-0.2, -0.15) is 5.10 Å². The van der Waals surface area contributed by atoms with E-state index in [1.807, 2.05) is 25.0 Å². The van der Waals surface area contributed by atoms with E-state index in [0.717, 1.165) is 32.5 Å². The molecule has 0 radical (unpaired) electrons. The molecule has 100 valence electrons. The van der Waals surface area contributed by atoms with Crippen molar-refractivity contribution in [1.29, 1.82) is 0 Å². The molecule has 6 heteroatoms. The van der Waals surface area contributed by atoms with Crippen molar-refractivity contribution in [2.75, 3.05) is 32.9 Å². The number of hydrogen-bond donors (Lipinski definition) is 1. The van der Waals surface area contributed by atoms with Gasteiger partial charge in [0.25, 0.3) is 0 Å². The van der Waals surface area contributed by atoms with Crippen LogP contribution in [0.2, 0.25) is 0 Å². The van der Waals surface area contributed by atoms with E-state index in [0.29, 0.717) is 5.69 Å². The zero-order valence-corrected chi connectivity index (χ0v) is 11.0. The van der Waals surface area contributed by atoms with Gasteiger partial charge in [0, 0.05) is 26.8 Å². The fourth-order valence-electron chi connectivity index (χ4n) is 2.40. The van der Waals surface area contributed by atoms with E-state index >= 15 is 0 Å². The number of likely N-dealkylation sites (tertiary alicyclic amines) is 1. The zero-order chi connectivity index (χ0) is 13.1. The topological polar surface area (TPSA) is 67.4 Å². The van der Waals surface area contributed by atoms with E-state index in [-0.39, 0.29) is 11.9 Å². The van der Waals surface area contributed by atoms with Gasteiger partial charge in [-0.3, -0.25) is 14.4 Å². The molecule has 1 atom stereocenters. The number of anilines is 1. The SMILES string of the molecule is CN(C)C(=O)C1CCCN1CCn1cc(N)cn1. The molecule has 18 heavy (non-hydrogen) atoms. The van der Waals surface area contributed by atoms with Crippen LogP contribution in [0.3, 0.4) is 0 Å². The molecule has 2 rings (SSSR count). The van der Waals surface area contributed by atoms with Crippen LogP contribution < -0.4 is 5.73 Å². The Morgan fingerprint density at radius 3 is 2.94 bits per heavy atom. The Kier molecular flexibility index (Phi) is 3.86. The molecule has 2 heterocycles. The highest BCUT2D eigenvalue weighted by atomic mass is 16.2. The molecule has 0 spiro atoms. The summed E-state index contributed by atoms with van der Waals surface area (Å²) in [5.41, 5.74) is 6.30. The van der Waals surface area contributed by atoms with Crippen molar-refractivity contribution in [1.82, 2.24) is 19.6 Å². The zero-order valence-electron chi connectivity index (χ0n) is 11.0. The van der Waals surface area contributed by atoms with Crippen molar-refractivity contribution in [2.45, 2.75) is 25.4 Å². The first kappa shape index (κ1) is 12.9. The standard InChI is InChI=1S/C12H21N5O/c1-15(2)12(18)11-4-3-5-16(11)6-7-17-9-10(13)8-14-17/h8-9,11H,3-7,13H2,1-2H3. The Bertz CT molecular complexity index is 414. The molecule has 0 bridgehead atoms. The third kappa shape index (κ3) is 2.81. The van der Waals surface area contributed by atoms with Crippen LogP contribution in [0.4, 0.5) is 5.69 Å². The molecule has 1 unspecified atom stereocenters. The normalized spacial score (nSPS) is 20.2. The number of carbonyl (C=O) groups is 1. The lowest BCUT2D eigenvalue weighted by molar-refractivity contribution is -0.133. The monoisotopic (exact) mass is 251 g/mol. The predicted molar refractivity (Wildman–Crippen MR) is 69.9 cm³/mol. The Morgan fingerprint density at radius 1 is 1.56 bits per heavy atom. The van der Waals surface area contributed by atoms with E-state index in [1.54, 1.807) is 11.1 Å². The summed E-state index contributed by atoms with van der Waals surface area (Å²) in [5, 5.41) is 4.15. The van der Waals surface area contributed by atoms with Gasteiger partial charge in [0.2, 0.25) is 5.91 Å². The lowest BCUT2D eigenvalue weighted by Crippen LogP contribution is -2.43. The maximum Gasteiger partial charge on any atom is 0.239 e. The fourth-order valence-corrected chi connectivity index (χ4v) is 2.40. The lowest BCUT2D eigenvalue weighted by Gasteiger charge is -2.25. The van der Waals surface area contributed by atoms with Crippen LogP contribution in [0.25, 0.3) is 0 Å². The number of aromatic nitrogens is 2. The van der Waals surface area contributed by atoms with Gasteiger partial charge >= 0.3 is 0 Å². The first-order valence-corrected chi connectivity index (χ1v) is 6.31. The number of nitrogens with two attached hydrogens (primary N) is 1. The lowest BCUT2D eigenvalue weighted by atomic mass is 10.2. The van der Waals surface area contributed by atoms with E-state index in [4.69, 9.17) is 5.73 Å². The van der Waals surface area contributed by atoms with Gasteiger partial charge < -0.3 is 10.6 Å². The predicted octanol–water partition coefficient (Wildman–Crippen LogP) is 0.0179. The molecule has 1 saturated heterocycles. The van der Waals surface area contributed by atoms with Gasteiger partial charge in [-0.25, -0.2) is 0 Å². The molecule has 1 aliphatic heterocycles. The third-order valence-electron chi connectivity index (χ3n) is 3.36. The number of nitrogen functional groups attached to an aromatic ring is 1. The largest absolute Gasteiger partial charge is 0.396 e. The van der Waals surface area contributed by atoms with Crippen molar-refractivity contribution in [3.8, 4) is 0 Å². The summed E-state index contributed by atoms with van der Waals surface area (Å²) in [5.74, 6) is 0.201. The van der Waals surface area contributed by atoms with E-state index in [2.05, 4.69) is 10.00 Å². The summed E-state index contributed by atoms with van der Waals surface area (Å²) in [6.45, 7) is 2.60. The summed E-state index contributed by atoms with van der Waals surface area (Å²) < 4.78 is 1.82. The summed E-state index contributed by atoms with van der Waals surface area (Å²) in [4.78, 5) is 15.9. The molecule has 0 aromatic carbocycles. The smallest absolute Gasteiger partial charge is 0.239 e. The molecule has 1 fully saturated rings. The second kappa shape index (κ2) is 5.39. The molecule has 2 N–H and O–H groups in total. The number of rotatable bonds is 4. The van der Waals surface area contributed by atoms with Gasteiger partial charge in [-0.05, 0) is 19.4 Å². The molecule has 1 aromatic heterocycles. The number of nitrogens with zero attached hydrogens (tertiary/aromatic N) is 4.